The predicted octanol–water partition coefficient (Wildman–Crippen LogP) is 3.37. The van der Waals surface area contributed by atoms with Gasteiger partial charge in [-0.25, -0.2) is 14.8 Å². The number of imidazole rings is 1. The zero-order valence-electron chi connectivity index (χ0n) is 17.3. The lowest BCUT2D eigenvalue weighted by molar-refractivity contribution is 0.251. The molecule has 4 rings (SSSR count). The van der Waals surface area contributed by atoms with Gasteiger partial charge in [0.05, 0.1) is 17.1 Å². The van der Waals surface area contributed by atoms with E-state index in [1.54, 1.807) is 12.4 Å². The molecule has 158 valence electrons. The van der Waals surface area contributed by atoms with Crippen LogP contribution in [0.25, 0.3) is 11.5 Å². The van der Waals surface area contributed by atoms with E-state index in [0.29, 0.717) is 18.3 Å². The highest BCUT2D eigenvalue weighted by Gasteiger charge is 2.22. The zero-order valence-corrected chi connectivity index (χ0v) is 17.3. The Balaban J connectivity index is 1.31. The summed E-state index contributed by atoms with van der Waals surface area (Å²) in [4.78, 5) is 26.1. The summed E-state index contributed by atoms with van der Waals surface area (Å²) in [5.41, 5.74) is 3.93. The van der Waals surface area contributed by atoms with Crippen molar-refractivity contribution in [3.8, 4) is 11.5 Å². The minimum Gasteiger partial charge on any atom is -0.370 e. The summed E-state index contributed by atoms with van der Waals surface area (Å²) in [6.07, 6.45) is 6.54. The molecular weight excluding hydrogens is 382 g/mol. The molecule has 0 radical (unpaired) electrons. The first kappa shape index (κ1) is 19.9. The molecule has 1 fully saturated rings. The number of anilines is 2. The first-order chi connectivity index (χ1) is 14.6. The fourth-order valence-corrected chi connectivity index (χ4v) is 3.88. The van der Waals surface area contributed by atoms with Crippen LogP contribution in [0.3, 0.4) is 0 Å². The molecule has 1 aliphatic rings. The second-order valence-corrected chi connectivity index (χ2v) is 7.54. The lowest BCUT2D eigenvalue weighted by Crippen LogP contribution is -2.34. The summed E-state index contributed by atoms with van der Waals surface area (Å²) >= 11 is 0. The second kappa shape index (κ2) is 8.98. The third-order valence-corrected chi connectivity index (χ3v) is 5.38. The Hall–Kier alpha value is -3.36. The highest BCUT2D eigenvalue weighted by Crippen LogP contribution is 2.28. The smallest absolute Gasteiger partial charge is 0.321 e. The first-order valence-electron chi connectivity index (χ1n) is 10.3. The van der Waals surface area contributed by atoms with Crippen molar-refractivity contribution in [2.45, 2.75) is 33.1 Å². The molecule has 3 aromatic heterocycles. The summed E-state index contributed by atoms with van der Waals surface area (Å²) < 4.78 is 5.22. The van der Waals surface area contributed by atoms with Crippen molar-refractivity contribution >= 4 is 17.6 Å². The van der Waals surface area contributed by atoms with E-state index < -0.39 is 0 Å². The lowest BCUT2D eigenvalue weighted by Gasteiger charge is -2.34. The van der Waals surface area contributed by atoms with Crippen LogP contribution in [-0.2, 0) is 6.42 Å². The van der Waals surface area contributed by atoms with Crippen LogP contribution in [0.15, 0.2) is 35.1 Å². The van der Waals surface area contributed by atoms with Gasteiger partial charge in [-0.15, -0.1) is 0 Å². The van der Waals surface area contributed by atoms with Crippen LogP contribution in [0, 0.1) is 12.8 Å². The molecule has 0 bridgehead atoms. The number of urea groups is 1. The van der Waals surface area contributed by atoms with Gasteiger partial charge >= 0.3 is 6.03 Å². The van der Waals surface area contributed by atoms with Gasteiger partial charge in [0.2, 0.25) is 5.88 Å². The number of H-pyrrole nitrogens is 1. The van der Waals surface area contributed by atoms with Crippen molar-refractivity contribution in [2.75, 3.05) is 29.9 Å². The molecule has 1 saturated heterocycles. The Kier molecular flexibility index (Phi) is 5.97. The number of rotatable bonds is 6. The number of hydrogen-bond acceptors (Lipinski definition) is 6. The van der Waals surface area contributed by atoms with E-state index in [4.69, 9.17) is 9.51 Å². The van der Waals surface area contributed by atoms with Gasteiger partial charge in [-0.2, -0.15) is 0 Å². The lowest BCUT2D eigenvalue weighted by atomic mass is 9.92. The minimum absolute atomic E-state index is 0.282. The normalized spacial score (nSPS) is 14.7. The minimum atomic E-state index is -0.282. The molecule has 0 spiro atoms. The van der Waals surface area contributed by atoms with E-state index in [0.717, 1.165) is 55.3 Å². The fraction of sp³-hybridized carbons (Fsp3) is 0.429. The van der Waals surface area contributed by atoms with E-state index >= 15 is 0 Å². The Labute approximate surface area is 175 Å². The molecule has 0 unspecified atom stereocenters. The molecule has 0 aromatic carbocycles. The number of nitrogens with zero attached hydrogens (tertiary/aromatic N) is 4. The third kappa shape index (κ3) is 4.61. The van der Waals surface area contributed by atoms with Gasteiger partial charge in [0.25, 0.3) is 0 Å². The number of carbonyl (C=O) groups is 1. The second-order valence-electron chi connectivity index (χ2n) is 7.54. The average molecular weight is 409 g/mol. The van der Waals surface area contributed by atoms with E-state index in [-0.39, 0.29) is 6.03 Å². The summed E-state index contributed by atoms with van der Waals surface area (Å²) in [6, 6.07) is 5.68. The molecule has 1 aliphatic heterocycles. The maximum atomic E-state index is 11.6. The van der Waals surface area contributed by atoms with Crippen LogP contribution in [0.5, 0.6) is 0 Å². The maximum Gasteiger partial charge on any atom is 0.321 e. The largest absolute Gasteiger partial charge is 0.370 e. The number of nitrogens with one attached hydrogen (secondary N) is 3. The third-order valence-electron chi connectivity index (χ3n) is 5.38. The van der Waals surface area contributed by atoms with Crippen molar-refractivity contribution in [3.63, 3.8) is 0 Å². The number of aromatic nitrogens is 4. The zero-order chi connectivity index (χ0) is 20.9. The highest BCUT2D eigenvalue weighted by molar-refractivity contribution is 5.87. The van der Waals surface area contributed by atoms with E-state index in [1.165, 1.54) is 5.69 Å². The monoisotopic (exact) mass is 409 g/mol. The van der Waals surface area contributed by atoms with Gasteiger partial charge in [0, 0.05) is 38.1 Å². The van der Waals surface area contributed by atoms with Crippen LogP contribution in [-0.4, -0.2) is 45.8 Å². The van der Waals surface area contributed by atoms with E-state index in [2.05, 4.69) is 36.7 Å². The van der Waals surface area contributed by atoms with Gasteiger partial charge in [-0.3, -0.25) is 5.32 Å². The molecule has 30 heavy (non-hydrogen) atoms. The molecule has 0 aliphatic carbocycles. The summed E-state index contributed by atoms with van der Waals surface area (Å²) in [6.45, 7) is 6.44. The molecule has 9 heteroatoms. The topological polar surface area (TPSA) is 112 Å². The number of aromatic amines is 1. The van der Waals surface area contributed by atoms with Crippen LogP contribution in [0.2, 0.25) is 0 Å². The summed E-state index contributed by atoms with van der Waals surface area (Å²) in [5, 5.41) is 9.41. The van der Waals surface area contributed by atoms with Gasteiger partial charge in [0.1, 0.15) is 5.69 Å². The van der Waals surface area contributed by atoms with Crippen molar-refractivity contribution in [2.24, 2.45) is 5.92 Å². The Bertz CT molecular complexity index is 975. The number of amides is 2. The van der Waals surface area contributed by atoms with Gasteiger partial charge in [-0.1, -0.05) is 5.16 Å². The molecule has 0 saturated carbocycles. The number of hydrogen-bond donors (Lipinski definition) is 3. The van der Waals surface area contributed by atoms with Gasteiger partial charge in [-0.05, 0) is 51.2 Å². The average Bonchev–Trinajstić information content (AvgIpc) is 3.41. The molecule has 4 heterocycles. The number of pyridine rings is 1. The number of piperidine rings is 1. The first-order valence-corrected chi connectivity index (χ1v) is 10.3. The van der Waals surface area contributed by atoms with E-state index in [9.17, 15) is 4.79 Å². The van der Waals surface area contributed by atoms with E-state index in [1.807, 2.05) is 26.0 Å². The SMILES string of the molecule is CCNC(=O)Nc1cc(CC2CCN(c3ccc(-c4ncc[nH]4)nc3C)CC2)no1. The van der Waals surface area contributed by atoms with Crippen molar-refractivity contribution in [1.82, 2.24) is 25.4 Å². The van der Waals surface area contributed by atoms with Crippen LogP contribution >= 0.6 is 0 Å². The Morgan fingerprint density at radius 1 is 1.33 bits per heavy atom. The quantitative estimate of drug-likeness (QED) is 0.575. The molecular formula is C21H27N7O2. The molecule has 3 aromatic rings. The molecule has 0 atom stereocenters. The van der Waals surface area contributed by atoms with Crippen LogP contribution in [0.1, 0.15) is 31.2 Å². The molecule has 2 amide bonds. The summed E-state index contributed by atoms with van der Waals surface area (Å²) in [5.74, 6) is 1.71. The summed E-state index contributed by atoms with van der Waals surface area (Å²) in [7, 11) is 0. The Morgan fingerprint density at radius 3 is 2.87 bits per heavy atom. The van der Waals surface area contributed by atoms with Crippen molar-refractivity contribution in [1.29, 1.82) is 0 Å². The Morgan fingerprint density at radius 2 is 2.17 bits per heavy atom. The molecule has 3 N–H and O–H groups in total. The van der Waals surface area contributed by atoms with Crippen LogP contribution < -0.4 is 15.5 Å². The standard InChI is InChI=1S/C21H27N7O2/c1-3-22-21(29)26-19-13-16(27-30-19)12-15-6-10-28(11-7-15)18-5-4-17(25-14(18)2)20-23-8-9-24-20/h4-5,8-9,13,15H,3,6-7,10-12H2,1-2H3,(H,23,24)(H2,22,26,29). The number of aryl methyl sites for hydroxylation is 1. The number of carbonyl (C=O) groups excluding carboxylic acids is 1. The van der Waals surface area contributed by atoms with Crippen molar-refractivity contribution in [3.05, 3.63) is 42.0 Å². The maximum absolute atomic E-state index is 11.6. The fourth-order valence-electron chi connectivity index (χ4n) is 3.88. The van der Waals surface area contributed by atoms with Gasteiger partial charge in [0.15, 0.2) is 5.82 Å². The molecule has 9 nitrogen and oxygen atoms in total. The van der Waals surface area contributed by atoms with Crippen molar-refractivity contribution < 1.29 is 9.32 Å². The predicted molar refractivity (Wildman–Crippen MR) is 114 cm³/mol. The van der Waals surface area contributed by atoms with Gasteiger partial charge < -0.3 is 19.7 Å². The highest BCUT2D eigenvalue weighted by atomic mass is 16.5. The van der Waals surface area contributed by atoms with Crippen LogP contribution in [0.4, 0.5) is 16.4 Å².